The molecule has 4 rings (SSSR count). The first-order valence-electron chi connectivity index (χ1n) is 7.74. The molecule has 0 radical (unpaired) electrons. The molecule has 0 amide bonds. The lowest BCUT2D eigenvalue weighted by Crippen LogP contribution is -2.28. The standard InChI is InChI=1S/C19H14O4S2/c1-9-8-19(14(10(2)20)11(3)23-9)24-17-15(21)12-6-4-5-7-13(12)16(22)18(17)25-19/h4-8H,1-3H3. The quantitative estimate of drug-likeness (QED) is 0.736. The summed E-state index contributed by atoms with van der Waals surface area (Å²) in [6.07, 6.45) is 1.83. The molecule has 1 aliphatic carbocycles. The number of Topliss-reactive ketones (excluding diaryl/α,β-unsaturated/α-hetero) is 3. The number of rotatable bonds is 1. The van der Waals surface area contributed by atoms with E-state index in [0.717, 1.165) is 0 Å². The van der Waals surface area contributed by atoms with E-state index in [9.17, 15) is 14.4 Å². The molecule has 1 aromatic carbocycles. The minimum Gasteiger partial charge on any atom is -0.466 e. The molecule has 2 aliphatic heterocycles. The van der Waals surface area contributed by atoms with Gasteiger partial charge in [0.15, 0.2) is 5.78 Å². The number of allylic oxidation sites excluding steroid dienone is 4. The van der Waals surface area contributed by atoms with Crippen LogP contribution in [0.4, 0.5) is 0 Å². The second-order valence-corrected chi connectivity index (χ2v) is 8.85. The third kappa shape index (κ3) is 2.28. The van der Waals surface area contributed by atoms with Crippen LogP contribution in [0.15, 0.2) is 57.2 Å². The van der Waals surface area contributed by atoms with Gasteiger partial charge in [0, 0.05) is 11.1 Å². The van der Waals surface area contributed by atoms with E-state index in [4.69, 9.17) is 4.74 Å². The van der Waals surface area contributed by atoms with Crippen molar-refractivity contribution in [2.75, 3.05) is 0 Å². The number of thioether (sulfide) groups is 2. The maximum atomic E-state index is 12.9. The average Bonchev–Trinajstić information content (AvgIpc) is 2.91. The van der Waals surface area contributed by atoms with E-state index in [1.54, 1.807) is 38.1 Å². The number of ether oxygens (including phenoxy) is 1. The molecule has 0 aromatic heterocycles. The maximum absolute atomic E-state index is 12.9. The molecule has 126 valence electrons. The first-order valence-corrected chi connectivity index (χ1v) is 9.37. The molecule has 6 heteroatoms. The van der Waals surface area contributed by atoms with E-state index in [1.807, 2.05) is 6.08 Å². The summed E-state index contributed by atoms with van der Waals surface area (Å²) < 4.78 is 4.80. The van der Waals surface area contributed by atoms with Gasteiger partial charge in [-0.3, -0.25) is 14.4 Å². The van der Waals surface area contributed by atoms with E-state index in [2.05, 4.69) is 0 Å². The van der Waals surface area contributed by atoms with Crippen LogP contribution >= 0.6 is 23.5 Å². The molecule has 1 aromatic rings. The van der Waals surface area contributed by atoms with E-state index in [1.165, 1.54) is 30.4 Å². The molecule has 2 heterocycles. The lowest BCUT2D eigenvalue weighted by molar-refractivity contribution is -0.113. The molecule has 3 aliphatic rings. The molecule has 25 heavy (non-hydrogen) atoms. The van der Waals surface area contributed by atoms with Crippen LogP contribution in [0, 0.1) is 0 Å². The van der Waals surface area contributed by atoms with E-state index in [-0.39, 0.29) is 17.3 Å². The third-order valence-corrected chi connectivity index (χ3v) is 7.37. The molecular formula is C19H14O4S2. The Hall–Kier alpha value is -2.05. The molecule has 0 atom stereocenters. The van der Waals surface area contributed by atoms with Gasteiger partial charge < -0.3 is 4.74 Å². The van der Waals surface area contributed by atoms with Crippen LogP contribution in [0.2, 0.25) is 0 Å². The highest BCUT2D eigenvalue weighted by Gasteiger charge is 2.52. The number of ketones is 3. The van der Waals surface area contributed by atoms with Crippen molar-refractivity contribution in [1.82, 2.24) is 0 Å². The smallest absolute Gasteiger partial charge is 0.201 e. The van der Waals surface area contributed by atoms with Gasteiger partial charge in [0.05, 0.1) is 21.1 Å². The molecule has 1 spiro atoms. The third-order valence-electron chi connectivity index (χ3n) is 4.30. The summed E-state index contributed by atoms with van der Waals surface area (Å²) in [5, 5.41) is 0. The monoisotopic (exact) mass is 370 g/mol. The van der Waals surface area contributed by atoms with Crippen molar-refractivity contribution in [3.63, 3.8) is 0 Å². The number of hydrogen-bond donors (Lipinski definition) is 0. The van der Waals surface area contributed by atoms with Crippen LogP contribution in [0.25, 0.3) is 0 Å². The highest BCUT2D eigenvalue weighted by atomic mass is 32.2. The number of hydrogen-bond acceptors (Lipinski definition) is 6. The van der Waals surface area contributed by atoms with Crippen LogP contribution in [0.1, 0.15) is 41.5 Å². The molecule has 0 unspecified atom stereocenters. The van der Waals surface area contributed by atoms with Gasteiger partial charge in [0.1, 0.15) is 9.84 Å². The summed E-state index contributed by atoms with van der Waals surface area (Å²) in [5.74, 6) is 0.735. The predicted octanol–water partition coefficient (Wildman–Crippen LogP) is 4.25. The Balaban J connectivity index is 1.86. The molecular weight excluding hydrogens is 356 g/mol. The van der Waals surface area contributed by atoms with E-state index < -0.39 is 4.08 Å². The van der Waals surface area contributed by atoms with Crippen LogP contribution in [0.5, 0.6) is 0 Å². The van der Waals surface area contributed by atoms with Crippen LogP contribution in [0.3, 0.4) is 0 Å². The molecule has 0 bridgehead atoms. The zero-order chi connectivity index (χ0) is 17.9. The molecule has 0 N–H and O–H groups in total. The van der Waals surface area contributed by atoms with E-state index >= 15 is 0 Å². The Morgan fingerprint density at radius 2 is 1.52 bits per heavy atom. The van der Waals surface area contributed by atoms with Gasteiger partial charge in [-0.1, -0.05) is 47.8 Å². The summed E-state index contributed by atoms with van der Waals surface area (Å²) in [6, 6.07) is 6.85. The lowest BCUT2D eigenvalue weighted by atomic mass is 9.94. The Kier molecular flexibility index (Phi) is 3.60. The predicted molar refractivity (Wildman–Crippen MR) is 98.3 cm³/mol. The van der Waals surface area contributed by atoms with Crippen LogP contribution in [-0.2, 0) is 9.53 Å². The summed E-state index contributed by atoms with van der Waals surface area (Å²) in [6.45, 7) is 5.03. The minimum absolute atomic E-state index is 0.126. The van der Waals surface area contributed by atoms with Gasteiger partial charge in [0.25, 0.3) is 0 Å². The fourth-order valence-electron chi connectivity index (χ4n) is 3.40. The Morgan fingerprint density at radius 1 is 1.00 bits per heavy atom. The van der Waals surface area contributed by atoms with Gasteiger partial charge in [0.2, 0.25) is 11.6 Å². The van der Waals surface area contributed by atoms with Crippen molar-refractivity contribution in [3.05, 3.63) is 68.4 Å². The summed E-state index contributed by atoms with van der Waals surface area (Å²) >= 11 is 2.55. The Labute approximate surface area is 153 Å². The van der Waals surface area contributed by atoms with E-state index in [0.29, 0.717) is 38.0 Å². The number of carbonyl (C=O) groups is 3. The fourth-order valence-corrected chi connectivity index (χ4v) is 6.93. The minimum atomic E-state index is -0.823. The first kappa shape index (κ1) is 16.4. The number of fused-ring (bicyclic) bond motifs is 1. The zero-order valence-corrected chi connectivity index (χ0v) is 15.5. The molecule has 0 saturated heterocycles. The van der Waals surface area contributed by atoms with Crippen molar-refractivity contribution >= 4 is 40.9 Å². The Morgan fingerprint density at radius 3 is 2.00 bits per heavy atom. The Bertz CT molecular complexity index is 918. The summed E-state index contributed by atoms with van der Waals surface area (Å²) in [4.78, 5) is 39.0. The topological polar surface area (TPSA) is 60.4 Å². The van der Waals surface area contributed by atoms with Gasteiger partial charge in [-0.05, 0) is 26.8 Å². The maximum Gasteiger partial charge on any atom is 0.201 e. The largest absolute Gasteiger partial charge is 0.466 e. The lowest BCUT2D eigenvalue weighted by Gasteiger charge is -2.31. The summed E-state index contributed by atoms with van der Waals surface area (Å²) in [5.41, 5.74) is 1.34. The molecule has 4 nitrogen and oxygen atoms in total. The first-order chi connectivity index (χ1) is 11.8. The second-order valence-electron chi connectivity index (χ2n) is 6.08. The van der Waals surface area contributed by atoms with Crippen molar-refractivity contribution in [1.29, 1.82) is 0 Å². The van der Waals surface area contributed by atoms with Gasteiger partial charge >= 0.3 is 0 Å². The normalized spacial score (nSPS) is 21.2. The average molecular weight is 370 g/mol. The second kappa shape index (κ2) is 5.47. The highest BCUT2D eigenvalue weighted by molar-refractivity contribution is 8.26. The van der Waals surface area contributed by atoms with Crippen molar-refractivity contribution < 1.29 is 19.1 Å². The van der Waals surface area contributed by atoms with Gasteiger partial charge in [-0.15, -0.1) is 0 Å². The SMILES string of the molecule is CC(=O)C1=C(C)OC(C)=CC12SC1=C(S2)C(=O)c2ccccc2C1=O. The van der Waals surface area contributed by atoms with Crippen molar-refractivity contribution in [3.8, 4) is 0 Å². The van der Waals surface area contributed by atoms with Crippen LogP contribution in [-0.4, -0.2) is 21.4 Å². The highest BCUT2D eigenvalue weighted by Crippen LogP contribution is 2.62. The van der Waals surface area contributed by atoms with Crippen molar-refractivity contribution in [2.45, 2.75) is 24.9 Å². The molecule has 0 fully saturated rings. The number of carbonyl (C=O) groups excluding carboxylic acids is 3. The zero-order valence-electron chi connectivity index (χ0n) is 13.8. The molecule has 0 saturated carbocycles. The van der Waals surface area contributed by atoms with Crippen molar-refractivity contribution in [2.24, 2.45) is 0 Å². The fraction of sp³-hybridized carbons (Fsp3) is 0.211. The number of benzene rings is 1. The van der Waals surface area contributed by atoms with Gasteiger partial charge in [-0.2, -0.15) is 0 Å². The van der Waals surface area contributed by atoms with Crippen LogP contribution < -0.4 is 0 Å². The summed E-state index contributed by atoms with van der Waals surface area (Å²) in [7, 11) is 0. The van der Waals surface area contributed by atoms with Gasteiger partial charge in [-0.25, -0.2) is 0 Å².